The summed E-state index contributed by atoms with van der Waals surface area (Å²) >= 11 is 5.92. The van der Waals surface area contributed by atoms with Crippen molar-refractivity contribution < 1.29 is 18.8 Å². The highest BCUT2D eigenvalue weighted by Crippen LogP contribution is 2.32. The third-order valence-corrected chi connectivity index (χ3v) is 6.36. The zero-order valence-corrected chi connectivity index (χ0v) is 18.3. The minimum Gasteiger partial charge on any atom is -0.459 e. The van der Waals surface area contributed by atoms with E-state index in [4.69, 9.17) is 16.0 Å². The number of carbonyl (C=O) groups excluding carboxylic acids is 3. The first-order valence-electron chi connectivity index (χ1n) is 10.6. The lowest BCUT2D eigenvalue weighted by molar-refractivity contribution is -0.139. The summed E-state index contributed by atoms with van der Waals surface area (Å²) in [5, 5.41) is 3.51. The van der Waals surface area contributed by atoms with Crippen LogP contribution in [-0.2, 0) is 16.1 Å². The lowest BCUT2D eigenvalue weighted by Crippen LogP contribution is -2.47. The molecule has 4 rings (SSSR count). The smallest absolute Gasteiger partial charge is 0.325 e. The first-order chi connectivity index (χ1) is 14.9. The van der Waals surface area contributed by atoms with Crippen molar-refractivity contribution in [3.63, 3.8) is 0 Å². The number of benzene rings is 1. The van der Waals surface area contributed by atoms with Crippen LogP contribution in [0.1, 0.15) is 44.3 Å². The predicted octanol–water partition coefficient (Wildman–Crippen LogP) is 4.20. The molecule has 0 bridgehead atoms. The van der Waals surface area contributed by atoms with Gasteiger partial charge in [-0.1, -0.05) is 37.3 Å². The van der Waals surface area contributed by atoms with Gasteiger partial charge in [0.1, 0.15) is 23.6 Å². The summed E-state index contributed by atoms with van der Waals surface area (Å²) in [5.41, 5.74) is 0.0543. The molecule has 2 heterocycles. The van der Waals surface area contributed by atoms with Crippen LogP contribution in [0.5, 0.6) is 0 Å². The summed E-state index contributed by atoms with van der Waals surface area (Å²) in [5.74, 6) is 0.693. The molecule has 1 saturated carbocycles. The van der Waals surface area contributed by atoms with Gasteiger partial charge in [-0.25, -0.2) is 4.79 Å². The molecule has 31 heavy (non-hydrogen) atoms. The molecule has 164 valence electrons. The van der Waals surface area contributed by atoms with Gasteiger partial charge in [-0.05, 0) is 49.2 Å². The van der Waals surface area contributed by atoms with Crippen molar-refractivity contribution in [3.05, 3.63) is 47.2 Å². The number of furan rings is 1. The maximum Gasteiger partial charge on any atom is 0.325 e. The first kappa shape index (κ1) is 21.4. The van der Waals surface area contributed by atoms with Gasteiger partial charge in [-0.3, -0.25) is 14.5 Å². The van der Waals surface area contributed by atoms with Crippen LogP contribution in [0.2, 0.25) is 5.02 Å². The van der Waals surface area contributed by atoms with Crippen LogP contribution in [0.25, 0.3) is 11.3 Å². The van der Waals surface area contributed by atoms with Crippen molar-refractivity contribution in [1.82, 2.24) is 15.1 Å². The Morgan fingerprint density at radius 1 is 1.10 bits per heavy atom. The quantitative estimate of drug-likeness (QED) is 0.702. The highest BCUT2D eigenvalue weighted by Gasteiger charge is 2.51. The average molecular weight is 444 g/mol. The average Bonchev–Trinajstić information content (AvgIpc) is 3.19. The third-order valence-electron chi connectivity index (χ3n) is 6.11. The lowest BCUT2D eigenvalue weighted by Gasteiger charge is -2.25. The number of imide groups is 1. The van der Waals surface area contributed by atoms with Gasteiger partial charge in [0.05, 0.1) is 6.54 Å². The number of amides is 4. The second-order valence-corrected chi connectivity index (χ2v) is 8.78. The van der Waals surface area contributed by atoms with E-state index in [-0.39, 0.29) is 24.9 Å². The standard InChI is InChI=1S/C23H26ClN3O4/c1-26(14-18-10-11-19(31-18)16-6-8-17(24)9-7-16)20(28)15-27-21(29)23(25-22(27)30)12-4-2-3-5-13-23/h6-11H,2-5,12-15H2,1H3,(H,25,30). The summed E-state index contributed by atoms with van der Waals surface area (Å²) in [7, 11) is 1.63. The minimum absolute atomic E-state index is 0.237. The van der Waals surface area contributed by atoms with E-state index < -0.39 is 11.6 Å². The van der Waals surface area contributed by atoms with E-state index in [0.29, 0.717) is 29.4 Å². The largest absolute Gasteiger partial charge is 0.459 e. The molecule has 4 amide bonds. The van der Waals surface area contributed by atoms with Crippen LogP contribution < -0.4 is 5.32 Å². The molecule has 1 saturated heterocycles. The fourth-order valence-electron chi connectivity index (χ4n) is 4.30. The minimum atomic E-state index is -0.832. The van der Waals surface area contributed by atoms with Crippen molar-refractivity contribution in [3.8, 4) is 11.3 Å². The number of urea groups is 1. The Morgan fingerprint density at radius 3 is 2.45 bits per heavy atom. The van der Waals surface area contributed by atoms with Crippen LogP contribution in [0.3, 0.4) is 0 Å². The predicted molar refractivity (Wildman–Crippen MR) is 116 cm³/mol. The van der Waals surface area contributed by atoms with Crippen molar-refractivity contribution in [2.24, 2.45) is 0 Å². The maximum absolute atomic E-state index is 13.0. The lowest BCUT2D eigenvalue weighted by atomic mass is 9.90. The Labute approximate surface area is 186 Å². The van der Waals surface area contributed by atoms with Crippen molar-refractivity contribution in [1.29, 1.82) is 0 Å². The molecule has 1 aliphatic heterocycles. The number of carbonyl (C=O) groups is 3. The topological polar surface area (TPSA) is 82.9 Å². The van der Waals surface area contributed by atoms with Gasteiger partial charge in [0.25, 0.3) is 5.91 Å². The van der Waals surface area contributed by atoms with Gasteiger partial charge in [-0.2, -0.15) is 0 Å². The Kier molecular flexibility index (Phi) is 6.05. The zero-order valence-electron chi connectivity index (χ0n) is 17.5. The molecule has 1 aliphatic carbocycles. The molecule has 1 N–H and O–H groups in total. The highest BCUT2D eigenvalue weighted by atomic mass is 35.5. The molecular formula is C23H26ClN3O4. The summed E-state index contributed by atoms with van der Waals surface area (Å²) in [4.78, 5) is 40.7. The van der Waals surface area contributed by atoms with E-state index in [1.54, 1.807) is 19.2 Å². The van der Waals surface area contributed by atoms with Crippen LogP contribution >= 0.6 is 11.6 Å². The number of halogens is 1. The van der Waals surface area contributed by atoms with E-state index in [1.165, 1.54) is 4.90 Å². The monoisotopic (exact) mass is 443 g/mol. The molecule has 8 heteroatoms. The van der Waals surface area contributed by atoms with Crippen molar-refractivity contribution in [2.75, 3.05) is 13.6 Å². The summed E-state index contributed by atoms with van der Waals surface area (Å²) < 4.78 is 5.85. The van der Waals surface area contributed by atoms with Gasteiger partial charge >= 0.3 is 6.03 Å². The maximum atomic E-state index is 13.0. The summed E-state index contributed by atoms with van der Waals surface area (Å²) in [6.07, 6.45) is 5.21. The fourth-order valence-corrected chi connectivity index (χ4v) is 4.43. The van der Waals surface area contributed by atoms with Crippen LogP contribution in [0.4, 0.5) is 4.79 Å². The number of hydrogen-bond donors (Lipinski definition) is 1. The van der Waals surface area contributed by atoms with E-state index >= 15 is 0 Å². The molecule has 1 aromatic heterocycles. The number of rotatable bonds is 5. The van der Waals surface area contributed by atoms with E-state index in [9.17, 15) is 14.4 Å². The first-order valence-corrected chi connectivity index (χ1v) is 11.0. The van der Waals surface area contributed by atoms with Crippen molar-refractivity contribution >= 4 is 29.4 Å². The van der Waals surface area contributed by atoms with Crippen LogP contribution in [0.15, 0.2) is 40.8 Å². The Morgan fingerprint density at radius 2 is 1.77 bits per heavy atom. The zero-order chi connectivity index (χ0) is 22.0. The van der Waals surface area contributed by atoms with Gasteiger partial charge in [0, 0.05) is 17.6 Å². The fraction of sp³-hybridized carbons (Fsp3) is 0.435. The number of nitrogens with one attached hydrogen (secondary N) is 1. The molecule has 1 aromatic carbocycles. The molecule has 7 nitrogen and oxygen atoms in total. The van der Waals surface area contributed by atoms with Gasteiger partial charge in [0.2, 0.25) is 5.91 Å². The highest BCUT2D eigenvalue weighted by molar-refractivity contribution is 6.30. The van der Waals surface area contributed by atoms with E-state index in [0.717, 1.165) is 36.1 Å². The van der Waals surface area contributed by atoms with Gasteiger partial charge in [-0.15, -0.1) is 0 Å². The molecule has 2 fully saturated rings. The molecule has 2 aliphatic rings. The summed E-state index contributed by atoms with van der Waals surface area (Å²) in [6.45, 7) is -0.0329. The molecule has 1 spiro atoms. The van der Waals surface area contributed by atoms with Crippen molar-refractivity contribution in [2.45, 2.75) is 50.6 Å². The third kappa shape index (κ3) is 4.46. The summed E-state index contributed by atoms with van der Waals surface area (Å²) in [6, 6.07) is 10.5. The SMILES string of the molecule is CN(Cc1ccc(-c2ccc(Cl)cc2)o1)C(=O)CN1C(=O)NC2(CCCCCC2)C1=O. The number of hydrogen-bond acceptors (Lipinski definition) is 4. The molecule has 0 unspecified atom stereocenters. The van der Waals surface area contributed by atoms with Crippen LogP contribution in [0, 0.1) is 0 Å². The van der Waals surface area contributed by atoms with E-state index in [1.807, 2.05) is 24.3 Å². The van der Waals surface area contributed by atoms with E-state index in [2.05, 4.69) is 5.32 Å². The van der Waals surface area contributed by atoms with Crippen LogP contribution in [-0.4, -0.2) is 46.8 Å². The van der Waals surface area contributed by atoms with Gasteiger partial charge < -0.3 is 14.6 Å². The normalized spacial score (nSPS) is 18.2. The molecule has 0 radical (unpaired) electrons. The second kappa shape index (κ2) is 8.75. The molecule has 0 atom stereocenters. The molecular weight excluding hydrogens is 418 g/mol. The molecule has 2 aromatic rings. The Bertz CT molecular complexity index is 977. The number of likely N-dealkylation sites (N-methyl/N-ethyl adjacent to an activating group) is 1. The number of nitrogens with zero attached hydrogens (tertiary/aromatic N) is 2. The second-order valence-electron chi connectivity index (χ2n) is 8.34. The van der Waals surface area contributed by atoms with Gasteiger partial charge in [0.15, 0.2) is 0 Å². The Hall–Kier alpha value is -2.80. The Balaban J connectivity index is 1.38.